The van der Waals surface area contributed by atoms with Crippen LogP contribution < -0.4 is 5.32 Å². The topological polar surface area (TPSA) is 51.2 Å². The summed E-state index contributed by atoms with van der Waals surface area (Å²) >= 11 is 6.12. The molecule has 3 rings (SSSR count). The fourth-order valence-electron chi connectivity index (χ4n) is 2.53. The van der Waals surface area contributed by atoms with Crippen LogP contribution in [0.4, 0.5) is 0 Å². The maximum absolute atomic E-state index is 12.1. The zero-order valence-corrected chi connectivity index (χ0v) is 12.4. The second-order valence-electron chi connectivity index (χ2n) is 5.28. The summed E-state index contributed by atoms with van der Waals surface area (Å²) in [5.41, 5.74) is 1.06. The van der Waals surface area contributed by atoms with E-state index in [0.717, 1.165) is 31.4 Å². The molecule has 1 aromatic heterocycles. The molecule has 5 heteroatoms. The highest BCUT2D eigenvalue weighted by molar-refractivity contribution is 6.35. The van der Waals surface area contributed by atoms with Crippen LogP contribution >= 0.6 is 11.6 Å². The van der Waals surface area contributed by atoms with Crippen molar-refractivity contribution >= 4 is 28.4 Å². The second kappa shape index (κ2) is 6.41. The van der Waals surface area contributed by atoms with Crippen molar-refractivity contribution in [3.05, 3.63) is 41.0 Å². The van der Waals surface area contributed by atoms with E-state index in [0.29, 0.717) is 28.7 Å². The minimum atomic E-state index is -0.157. The first kappa shape index (κ1) is 14.3. The molecule has 2 heterocycles. The molecule has 1 atom stereocenters. The van der Waals surface area contributed by atoms with Crippen LogP contribution in [0.5, 0.6) is 0 Å². The van der Waals surface area contributed by atoms with E-state index >= 15 is 0 Å². The first-order valence-corrected chi connectivity index (χ1v) is 7.53. The van der Waals surface area contributed by atoms with Crippen LogP contribution in [0.3, 0.4) is 0 Å². The summed E-state index contributed by atoms with van der Waals surface area (Å²) in [7, 11) is 0. The van der Waals surface area contributed by atoms with Gasteiger partial charge in [0.05, 0.1) is 10.5 Å². The highest BCUT2D eigenvalue weighted by Gasteiger charge is 2.16. The summed E-state index contributed by atoms with van der Waals surface area (Å²) in [4.78, 5) is 16.5. The molecule has 0 aliphatic carbocycles. The van der Waals surface area contributed by atoms with Gasteiger partial charge in [-0.2, -0.15) is 0 Å². The molecule has 0 saturated carbocycles. The molecule has 1 fully saturated rings. The molecule has 0 bridgehead atoms. The van der Waals surface area contributed by atoms with Gasteiger partial charge in [-0.3, -0.25) is 4.79 Å². The standard InChI is InChI=1S/C16H17ClN2O2/c17-13-3-1-2-12-4-5-14(19-15(12)13)16(20)18-8-6-11-7-9-21-10-11/h1-5,11H,6-10H2,(H,18,20)/t11-/m1/s1. The average Bonchev–Trinajstić information content (AvgIpc) is 3.00. The third-order valence-corrected chi connectivity index (χ3v) is 4.07. The van der Waals surface area contributed by atoms with Crippen molar-refractivity contribution in [2.45, 2.75) is 12.8 Å². The Bertz CT molecular complexity index is 654. The number of hydrogen-bond donors (Lipinski definition) is 1. The van der Waals surface area contributed by atoms with Gasteiger partial charge in [0.1, 0.15) is 5.69 Å². The summed E-state index contributed by atoms with van der Waals surface area (Å²) < 4.78 is 5.32. The van der Waals surface area contributed by atoms with Crippen LogP contribution in [0, 0.1) is 5.92 Å². The SMILES string of the molecule is O=C(NCC[C@@H]1CCOC1)c1ccc2cccc(Cl)c2n1. The predicted molar refractivity (Wildman–Crippen MR) is 82.6 cm³/mol. The molecular formula is C16H17ClN2O2. The number of carbonyl (C=O) groups is 1. The number of nitrogens with zero attached hydrogens (tertiary/aromatic N) is 1. The smallest absolute Gasteiger partial charge is 0.269 e. The lowest BCUT2D eigenvalue weighted by Gasteiger charge is -2.09. The Morgan fingerprint density at radius 1 is 1.38 bits per heavy atom. The monoisotopic (exact) mass is 304 g/mol. The Morgan fingerprint density at radius 2 is 2.29 bits per heavy atom. The van der Waals surface area contributed by atoms with Gasteiger partial charge < -0.3 is 10.1 Å². The van der Waals surface area contributed by atoms with Crippen molar-refractivity contribution < 1.29 is 9.53 Å². The Hall–Kier alpha value is -1.65. The van der Waals surface area contributed by atoms with Crippen LogP contribution in [0.25, 0.3) is 10.9 Å². The van der Waals surface area contributed by atoms with E-state index < -0.39 is 0 Å². The molecule has 1 aromatic carbocycles. The molecule has 1 saturated heterocycles. The lowest BCUT2D eigenvalue weighted by Crippen LogP contribution is -2.26. The van der Waals surface area contributed by atoms with Crippen molar-refractivity contribution in [2.75, 3.05) is 19.8 Å². The molecule has 1 N–H and O–H groups in total. The molecule has 2 aromatic rings. The molecule has 1 aliphatic heterocycles. The number of aromatic nitrogens is 1. The van der Waals surface area contributed by atoms with E-state index in [9.17, 15) is 4.79 Å². The van der Waals surface area contributed by atoms with Crippen LogP contribution in [0.2, 0.25) is 5.02 Å². The van der Waals surface area contributed by atoms with E-state index in [4.69, 9.17) is 16.3 Å². The molecule has 110 valence electrons. The third-order valence-electron chi connectivity index (χ3n) is 3.77. The van der Waals surface area contributed by atoms with Gasteiger partial charge in [-0.25, -0.2) is 4.98 Å². The summed E-state index contributed by atoms with van der Waals surface area (Å²) in [6.45, 7) is 2.29. The number of rotatable bonds is 4. The minimum Gasteiger partial charge on any atom is -0.381 e. The fraction of sp³-hybridized carbons (Fsp3) is 0.375. The van der Waals surface area contributed by atoms with E-state index in [1.807, 2.05) is 18.2 Å². The Labute approximate surface area is 128 Å². The Balaban J connectivity index is 1.65. The van der Waals surface area contributed by atoms with Crippen molar-refractivity contribution in [3.8, 4) is 0 Å². The maximum Gasteiger partial charge on any atom is 0.269 e. The van der Waals surface area contributed by atoms with E-state index in [1.165, 1.54) is 0 Å². The summed E-state index contributed by atoms with van der Waals surface area (Å²) in [6.07, 6.45) is 2.03. The summed E-state index contributed by atoms with van der Waals surface area (Å²) in [5, 5.41) is 4.40. The first-order valence-electron chi connectivity index (χ1n) is 7.15. The van der Waals surface area contributed by atoms with E-state index in [2.05, 4.69) is 10.3 Å². The van der Waals surface area contributed by atoms with Gasteiger partial charge in [0.25, 0.3) is 5.91 Å². The van der Waals surface area contributed by atoms with Crippen molar-refractivity contribution in [1.82, 2.24) is 10.3 Å². The molecule has 0 unspecified atom stereocenters. The lowest BCUT2D eigenvalue weighted by atomic mass is 10.1. The molecule has 4 nitrogen and oxygen atoms in total. The average molecular weight is 305 g/mol. The minimum absolute atomic E-state index is 0.157. The summed E-state index contributed by atoms with van der Waals surface area (Å²) in [5.74, 6) is 0.403. The van der Waals surface area contributed by atoms with Crippen molar-refractivity contribution in [3.63, 3.8) is 0 Å². The van der Waals surface area contributed by atoms with E-state index in [-0.39, 0.29) is 5.91 Å². The lowest BCUT2D eigenvalue weighted by molar-refractivity contribution is 0.0946. The second-order valence-corrected chi connectivity index (χ2v) is 5.69. The number of benzene rings is 1. The van der Waals surface area contributed by atoms with E-state index in [1.54, 1.807) is 12.1 Å². The van der Waals surface area contributed by atoms with Gasteiger partial charge in [-0.15, -0.1) is 0 Å². The number of fused-ring (bicyclic) bond motifs is 1. The van der Waals surface area contributed by atoms with Crippen molar-refractivity contribution in [1.29, 1.82) is 0 Å². The van der Waals surface area contributed by atoms with Gasteiger partial charge in [0.2, 0.25) is 0 Å². The zero-order valence-electron chi connectivity index (χ0n) is 11.6. The molecule has 1 aliphatic rings. The normalized spacial score (nSPS) is 18.0. The summed E-state index contributed by atoms with van der Waals surface area (Å²) in [6, 6.07) is 9.17. The Kier molecular flexibility index (Phi) is 4.36. The highest BCUT2D eigenvalue weighted by atomic mass is 35.5. The van der Waals surface area contributed by atoms with Gasteiger partial charge in [0.15, 0.2) is 0 Å². The fourth-order valence-corrected chi connectivity index (χ4v) is 2.75. The molecule has 0 radical (unpaired) electrons. The predicted octanol–water partition coefficient (Wildman–Crippen LogP) is 3.04. The molecule has 0 spiro atoms. The number of nitrogens with one attached hydrogen (secondary N) is 1. The number of carbonyl (C=O) groups excluding carboxylic acids is 1. The molecule has 21 heavy (non-hydrogen) atoms. The number of halogens is 1. The van der Waals surface area contributed by atoms with Gasteiger partial charge in [-0.05, 0) is 30.9 Å². The number of para-hydroxylation sites is 1. The Morgan fingerprint density at radius 3 is 3.10 bits per heavy atom. The van der Waals surface area contributed by atoms with Crippen LogP contribution in [0.15, 0.2) is 30.3 Å². The number of amides is 1. The molecular weight excluding hydrogens is 288 g/mol. The van der Waals surface area contributed by atoms with Crippen LogP contribution in [-0.4, -0.2) is 30.6 Å². The number of hydrogen-bond acceptors (Lipinski definition) is 3. The van der Waals surface area contributed by atoms with Gasteiger partial charge >= 0.3 is 0 Å². The van der Waals surface area contributed by atoms with Gasteiger partial charge in [0, 0.05) is 25.1 Å². The maximum atomic E-state index is 12.1. The first-order chi connectivity index (χ1) is 10.2. The van der Waals surface area contributed by atoms with Crippen molar-refractivity contribution in [2.24, 2.45) is 5.92 Å². The van der Waals surface area contributed by atoms with Gasteiger partial charge in [-0.1, -0.05) is 29.8 Å². The quantitative estimate of drug-likeness (QED) is 0.944. The zero-order chi connectivity index (χ0) is 14.7. The van der Waals surface area contributed by atoms with Crippen LogP contribution in [0.1, 0.15) is 23.3 Å². The third kappa shape index (κ3) is 3.34. The highest BCUT2D eigenvalue weighted by Crippen LogP contribution is 2.21. The largest absolute Gasteiger partial charge is 0.381 e. The number of ether oxygens (including phenoxy) is 1. The molecule has 1 amide bonds. The van der Waals surface area contributed by atoms with Crippen LogP contribution in [-0.2, 0) is 4.74 Å². The number of pyridine rings is 1.